The van der Waals surface area contributed by atoms with E-state index in [9.17, 15) is 4.79 Å². The van der Waals surface area contributed by atoms with Gasteiger partial charge in [-0.05, 0) is 17.7 Å². The van der Waals surface area contributed by atoms with Crippen LogP contribution in [0.2, 0.25) is 0 Å². The Bertz CT molecular complexity index is 465. The number of carbonyl (C=O) groups is 1. The van der Waals surface area contributed by atoms with Crippen LogP contribution < -0.4 is 9.47 Å². The lowest BCUT2D eigenvalue weighted by Crippen LogP contribution is -2.48. The van der Waals surface area contributed by atoms with E-state index in [0.29, 0.717) is 31.1 Å². The average molecular weight is 266 g/mol. The van der Waals surface area contributed by atoms with Gasteiger partial charge in [0, 0.05) is 0 Å². The first-order valence-corrected chi connectivity index (χ1v) is 6.02. The number of carbonyl (C=O) groups excluding carboxylic acids is 1. The van der Waals surface area contributed by atoms with Crippen molar-refractivity contribution in [3.05, 3.63) is 23.8 Å². The molecule has 104 valence electrons. The third kappa shape index (κ3) is 2.51. The number of benzene rings is 1. The molecule has 0 amide bonds. The normalized spacial score (nSPS) is 16.4. The summed E-state index contributed by atoms with van der Waals surface area (Å²) >= 11 is 0. The number of hydrogen-bond donors (Lipinski definition) is 0. The van der Waals surface area contributed by atoms with Gasteiger partial charge in [-0.3, -0.25) is 4.79 Å². The maximum absolute atomic E-state index is 11.5. The van der Waals surface area contributed by atoms with Crippen LogP contribution in [0.4, 0.5) is 0 Å². The predicted molar refractivity (Wildman–Crippen MR) is 68.7 cm³/mol. The van der Waals surface area contributed by atoms with Crippen molar-refractivity contribution < 1.29 is 23.7 Å². The molecule has 0 radical (unpaired) electrons. The maximum Gasteiger partial charge on any atom is 0.306 e. The number of ether oxygens (including phenoxy) is 4. The second kappa shape index (κ2) is 5.48. The largest absolute Gasteiger partial charge is 0.493 e. The Morgan fingerprint density at radius 3 is 2.37 bits per heavy atom. The molecular formula is C14H18O5. The van der Waals surface area contributed by atoms with E-state index < -0.39 is 0 Å². The molecular weight excluding hydrogens is 248 g/mol. The van der Waals surface area contributed by atoms with Crippen molar-refractivity contribution in [3.8, 4) is 11.5 Å². The standard InChI is InChI=1S/C14H18O5/c1-16-11-5-4-10(6-12(11)17-2)14(8-19-9-14)7-13(15)18-3/h4-6H,7-9H2,1-3H3. The van der Waals surface area contributed by atoms with Gasteiger partial charge in [0.15, 0.2) is 11.5 Å². The maximum atomic E-state index is 11.5. The highest BCUT2D eigenvalue weighted by Gasteiger charge is 2.43. The highest BCUT2D eigenvalue weighted by molar-refractivity contribution is 5.72. The summed E-state index contributed by atoms with van der Waals surface area (Å²) in [5.41, 5.74) is 0.689. The Balaban J connectivity index is 2.30. The molecule has 0 unspecified atom stereocenters. The van der Waals surface area contributed by atoms with Crippen LogP contribution in [0.1, 0.15) is 12.0 Å². The Kier molecular flexibility index (Phi) is 3.95. The summed E-state index contributed by atoms with van der Waals surface area (Å²) in [7, 11) is 4.57. The first-order valence-electron chi connectivity index (χ1n) is 6.02. The fourth-order valence-electron chi connectivity index (χ4n) is 2.23. The summed E-state index contributed by atoms with van der Waals surface area (Å²) in [6.45, 7) is 1.02. The molecule has 0 atom stereocenters. The van der Waals surface area contributed by atoms with Crippen molar-refractivity contribution >= 4 is 5.97 Å². The Morgan fingerprint density at radius 1 is 1.21 bits per heavy atom. The molecule has 0 aromatic heterocycles. The van der Waals surface area contributed by atoms with E-state index in [1.165, 1.54) is 7.11 Å². The van der Waals surface area contributed by atoms with Gasteiger partial charge < -0.3 is 18.9 Å². The second-order valence-corrected chi connectivity index (χ2v) is 4.60. The van der Waals surface area contributed by atoms with Gasteiger partial charge in [-0.2, -0.15) is 0 Å². The van der Waals surface area contributed by atoms with Gasteiger partial charge >= 0.3 is 5.97 Å². The third-order valence-electron chi connectivity index (χ3n) is 3.46. The van der Waals surface area contributed by atoms with E-state index in [4.69, 9.17) is 18.9 Å². The van der Waals surface area contributed by atoms with Crippen molar-refractivity contribution in [3.63, 3.8) is 0 Å². The summed E-state index contributed by atoms with van der Waals surface area (Å²) in [5.74, 6) is 1.08. The first-order chi connectivity index (χ1) is 9.15. The monoisotopic (exact) mass is 266 g/mol. The van der Waals surface area contributed by atoms with Crippen LogP contribution in [0.15, 0.2) is 18.2 Å². The molecule has 1 heterocycles. The molecule has 2 rings (SSSR count). The summed E-state index contributed by atoms with van der Waals surface area (Å²) in [4.78, 5) is 11.5. The molecule has 1 aromatic rings. The molecule has 1 aromatic carbocycles. The zero-order valence-electron chi connectivity index (χ0n) is 11.4. The minimum Gasteiger partial charge on any atom is -0.493 e. The van der Waals surface area contributed by atoms with E-state index in [2.05, 4.69) is 0 Å². The highest BCUT2D eigenvalue weighted by atomic mass is 16.5. The van der Waals surface area contributed by atoms with E-state index in [0.717, 1.165) is 5.56 Å². The second-order valence-electron chi connectivity index (χ2n) is 4.60. The Labute approximate surface area is 112 Å². The molecule has 0 spiro atoms. The van der Waals surface area contributed by atoms with Crippen molar-refractivity contribution in [2.75, 3.05) is 34.5 Å². The Morgan fingerprint density at radius 2 is 1.89 bits per heavy atom. The molecule has 0 saturated carbocycles. The molecule has 0 aliphatic carbocycles. The predicted octanol–water partition coefficient (Wildman–Crippen LogP) is 1.53. The molecule has 1 aliphatic rings. The SMILES string of the molecule is COC(=O)CC1(c2ccc(OC)c(OC)c2)COC1. The topological polar surface area (TPSA) is 54.0 Å². The molecule has 5 heteroatoms. The minimum absolute atomic E-state index is 0.238. The molecule has 1 fully saturated rings. The third-order valence-corrected chi connectivity index (χ3v) is 3.46. The van der Waals surface area contributed by atoms with Crippen LogP contribution in [0.3, 0.4) is 0 Å². The van der Waals surface area contributed by atoms with Crippen LogP contribution >= 0.6 is 0 Å². The number of hydrogen-bond acceptors (Lipinski definition) is 5. The lowest BCUT2D eigenvalue weighted by molar-refractivity contribution is -0.148. The van der Waals surface area contributed by atoms with Crippen LogP contribution in [-0.4, -0.2) is 40.5 Å². The zero-order chi connectivity index (χ0) is 13.9. The van der Waals surface area contributed by atoms with Crippen LogP contribution in [0.25, 0.3) is 0 Å². The molecule has 1 saturated heterocycles. The number of esters is 1. The van der Waals surface area contributed by atoms with Crippen molar-refractivity contribution in [2.24, 2.45) is 0 Å². The molecule has 5 nitrogen and oxygen atoms in total. The average Bonchev–Trinajstić information content (AvgIpc) is 2.41. The summed E-state index contributed by atoms with van der Waals surface area (Å²) < 4.78 is 20.5. The Hall–Kier alpha value is -1.75. The van der Waals surface area contributed by atoms with Gasteiger partial charge in [0.05, 0.1) is 46.4 Å². The quantitative estimate of drug-likeness (QED) is 0.757. The van der Waals surface area contributed by atoms with Crippen molar-refractivity contribution in [1.82, 2.24) is 0 Å². The first kappa shape index (κ1) is 13.7. The van der Waals surface area contributed by atoms with E-state index >= 15 is 0 Å². The summed E-state index contributed by atoms with van der Waals surface area (Å²) in [6.07, 6.45) is 0.305. The lowest BCUT2D eigenvalue weighted by Gasteiger charge is -2.41. The van der Waals surface area contributed by atoms with E-state index in [-0.39, 0.29) is 11.4 Å². The zero-order valence-corrected chi connectivity index (χ0v) is 11.4. The van der Waals surface area contributed by atoms with Crippen molar-refractivity contribution in [2.45, 2.75) is 11.8 Å². The molecule has 0 N–H and O–H groups in total. The molecule has 19 heavy (non-hydrogen) atoms. The van der Waals surface area contributed by atoms with Crippen LogP contribution in [-0.2, 0) is 19.7 Å². The highest BCUT2D eigenvalue weighted by Crippen LogP contribution is 2.40. The van der Waals surface area contributed by atoms with Gasteiger partial charge in [-0.1, -0.05) is 6.07 Å². The van der Waals surface area contributed by atoms with Crippen molar-refractivity contribution in [1.29, 1.82) is 0 Å². The summed E-state index contributed by atoms with van der Waals surface area (Å²) in [6, 6.07) is 5.67. The van der Waals surface area contributed by atoms with E-state index in [1.807, 2.05) is 18.2 Å². The minimum atomic E-state index is -0.313. The fourth-order valence-corrected chi connectivity index (χ4v) is 2.23. The molecule has 1 aliphatic heterocycles. The smallest absolute Gasteiger partial charge is 0.306 e. The fraction of sp³-hybridized carbons (Fsp3) is 0.500. The molecule has 0 bridgehead atoms. The lowest BCUT2D eigenvalue weighted by atomic mass is 9.76. The van der Waals surface area contributed by atoms with Crippen LogP contribution in [0, 0.1) is 0 Å². The van der Waals surface area contributed by atoms with Crippen LogP contribution in [0.5, 0.6) is 11.5 Å². The number of rotatable bonds is 5. The van der Waals surface area contributed by atoms with Gasteiger partial charge in [0.1, 0.15) is 0 Å². The van der Waals surface area contributed by atoms with Gasteiger partial charge in [-0.25, -0.2) is 0 Å². The summed E-state index contributed by atoms with van der Waals surface area (Å²) in [5, 5.41) is 0. The van der Waals surface area contributed by atoms with Gasteiger partial charge in [0.2, 0.25) is 0 Å². The number of methoxy groups -OCH3 is 3. The van der Waals surface area contributed by atoms with Gasteiger partial charge in [0.25, 0.3) is 0 Å². The van der Waals surface area contributed by atoms with E-state index in [1.54, 1.807) is 14.2 Å². The van der Waals surface area contributed by atoms with Gasteiger partial charge in [-0.15, -0.1) is 0 Å².